The van der Waals surface area contributed by atoms with Gasteiger partial charge in [0, 0.05) is 10.8 Å². The van der Waals surface area contributed by atoms with Gasteiger partial charge in [-0.3, -0.25) is 4.79 Å². The van der Waals surface area contributed by atoms with Gasteiger partial charge in [-0.25, -0.2) is 5.43 Å². The van der Waals surface area contributed by atoms with Crippen molar-refractivity contribution in [2.75, 3.05) is 5.75 Å². The lowest BCUT2D eigenvalue weighted by atomic mass is 10.2. The number of carbonyl (C=O) groups is 1. The summed E-state index contributed by atoms with van der Waals surface area (Å²) < 4.78 is 5.57. The molecule has 0 heterocycles. The minimum Gasteiger partial charge on any atom is -0.491 e. The molecule has 1 N–H and O–H groups in total. The van der Waals surface area contributed by atoms with Crippen molar-refractivity contribution in [3.8, 4) is 5.75 Å². The number of ether oxygens (including phenoxy) is 1. The van der Waals surface area contributed by atoms with Crippen LogP contribution >= 0.6 is 23.4 Å². The van der Waals surface area contributed by atoms with E-state index in [0.29, 0.717) is 11.5 Å². The number of hydrogen-bond donors (Lipinski definition) is 1. The molecule has 0 saturated heterocycles. The zero-order chi connectivity index (χ0) is 18.1. The molecule has 1 amide bonds. The van der Waals surface area contributed by atoms with Gasteiger partial charge in [0.15, 0.2) is 0 Å². The molecule has 0 saturated carbocycles. The van der Waals surface area contributed by atoms with Crippen LogP contribution in [0.1, 0.15) is 25.0 Å². The maximum Gasteiger partial charge on any atom is 0.250 e. The van der Waals surface area contributed by atoms with Crippen LogP contribution < -0.4 is 10.2 Å². The van der Waals surface area contributed by atoms with Crippen molar-refractivity contribution in [2.24, 2.45) is 5.10 Å². The van der Waals surface area contributed by atoms with Gasteiger partial charge >= 0.3 is 0 Å². The van der Waals surface area contributed by atoms with Gasteiger partial charge in [-0.15, -0.1) is 11.8 Å². The van der Waals surface area contributed by atoms with Crippen LogP contribution in [0.15, 0.2) is 53.6 Å². The second-order valence-corrected chi connectivity index (χ2v) is 7.01. The van der Waals surface area contributed by atoms with Gasteiger partial charge in [0.05, 0.1) is 18.1 Å². The number of hydrazone groups is 1. The molecule has 2 rings (SSSR count). The number of nitrogens with one attached hydrogen (secondary N) is 1. The molecule has 0 aliphatic carbocycles. The van der Waals surface area contributed by atoms with Crippen molar-refractivity contribution >= 4 is 35.5 Å². The van der Waals surface area contributed by atoms with Gasteiger partial charge in [-0.1, -0.05) is 29.8 Å². The van der Waals surface area contributed by atoms with Crippen molar-refractivity contribution in [3.63, 3.8) is 0 Å². The van der Waals surface area contributed by atoms with Gasteiger partial charge in [-0.2, -0.15) is 5.10 Å². The molecule has 6 heteroatoms. The molecular formula is C19H21ClN2O2S. The predicted molar refractivity (Wildman–Crippen MR) is 106 cm³/mol. The maximum absolute atomic E-state index is 11.8. The second kappa shape index (κ2) is 10.1. The smallest absolute Gasteiger partial charge is 0.250 e. The summed E-state index contributed by atoms with van der Waals surface area (Å²) in [5.74, 6) is 1.68. The van der Waals surface area contributed by atoms with Gasteiger partial charge in [0.1, 0.15) is 5.75 Å². The van der Waals surface area contributed by atoms with Gasteiger partial charge in [0.25, 0.3) is 0 Å². The molecule has 132 valence electrons. The monoisotopic (exact) mass is 376 g/mol. The molecule has 4 nitrogen and oxygen atoms in total. The average Bonchev–Trinajstić information content (AvgIpc) is 2.58. The zero-order valence-corrected chi connectivity index (χ0v) is 15.8. The molecule has 0 aliphatic heterocycles. The number of thioether (sulfide) groups is 1. The summed E-state index contributed by atoms with van der Waals surface area (Å²) in [6.07, 6.45) is 1.75. The fraction of sp³-hybridized carbons (Fsp3) is 0.263. The normalized spacial score (nSPS) is 11.0. The number of halogens is 1. The van der Waals surface area contributed by atoms with E-state index in [-0.39, 0.29) is 12.0 Å². The summed E-state index contributed by atoms with van der Waals surface area (Å²) >= 11 is 7.58. The standard InChI is InChI=1S/C19H21ClN2O2S/c1-14(2)24-17-9-7-15(8-10-17)11-21-22-19(23)13-25-12-16-5-3-4-6-18(16)20/h3-11,14H,12-13H2,1-2H3,(H,22,23)/b21-11-. The van der Waals surface area contributed by atoms with Crippen molar-refractivity contribution in [1.29, 1.82) is 0 Å². The highest BCUT2D eigenvalue weighted by Gasteiger charge is 2.03. The van der Waals surface area contributed by atoms with Crippen LogP contribution in [0.2, 0.25) is 5.02 Å². The first-order valence-corrected chi connectivity index (χ1v) is 9.47. The van der Waals surface area contributed by atoms with E-state index in [1.54, 1.807) is 6.21 Å². The van der Waals surface area contributed by atoms with E-state index < -0.39 is 0 Å². The first-order chi connectivity index (χ1) is 12.0. The lowest BCUT2D eigenvalue weighted by molar-refractivity contribution is -0.118. The first kappa shape index (κ1) is 19.3. The van der Waals surface area contributed by atoms with Crippen LogP contribution in [0.3, 0.4) is 0 Å². The highest BCUT2D eigenvalue weighted by Crippen LogP contribution is 2.20. The summed E-state index contributed by atoms with van der Waals surface area (Å²) in [4.78, 5) is 11.8. The van der Waals surface area contributed by atoms with Gasteiger partial charge in [-0.05, 0) is 55.3 Å². The second-order valence-electron chi connectivity index (χ2n) is 5.61. The molecule has 0 aromatic heterocycles. The third kappa shape index (κ3) is 7.20. The molecule has 0 atom stereocenters. The number of carbonyl (C=O) groups excluding carboxylic acids is 1. The third-order valence-electron chi connectivity index (χ3n) is 3.10. The Bertz CT molecular complexity index is 718. The van der Waals surface area contributed by atoms with Crippen LogP contribution in [0, 0.1) is 0 Å². The lowest BCUT2D eigenvalue weighted by Crippen LogP contribution is -2.19. The summed E-state index contributed by atoms with van der Waals surface area (Å²) in [7, 11) is 0. The van der Waals surface area contributed by atoms with E-state index in [4.69, 9.17) is 16.3 Å². The number of benzene rings is 2. The highest BCUT2D eigenvalue weighted by molar-refractivity contribution is 7.99. The topological polar surface area (TPSA) is 50.7 Å². The molecule has 25 heavy (non-hydrogen) atoms. The molecule has 0 aliphatic rings. The Balaban J connectivity index is 1.72. The van der Waals surface area contributed by atoms with E-state index in [2.05, 4.69) is 10.5 Å². The highest BCUT2D eigenvalue weighted by atomic mass is 35.5. The quantitative estimate of drug-likeness (QED) is 0.544. The minimum atomic E-state index is -0.145. The fourth-order valence-electron chi connectivity index (χ4n) is 1.98. The Morgan fingerprint density at radius 2 is 1.96 bits per heavy atom. The Labute approximate surface area is 157 Å². The molecular weight excluding hydrogens is 356 g/mol. The Morgan fingerprint density at radius 1 is 1.24 bits per heavy atom. The SMILES string of the molecule is CC(C)Oc1ccc(/C=N\NC(=O)CSCc2ccccc2Cl)cc1. The number of nitrogens with zero attached hydrogens (tertiary/aromatic N) is 1. The minimum absolute atomic E-state index is 0.141. The van der Waals surface area contributed by atoms with Gasteiger partial charge in [0.2, 0.25) is 5.91 Å². The largest absolute Gasteiger partial charge is 0.491 e. The maximum atomic E-state index is 11.8. The zero-order valence-electron chi connectivity index (χ0n) is 14.2. The van der Waals surface area contributed by atoms with E-state index >= 15 is 0 Å². The summed E-state index contributed by atoms with van der Waals surface area (Å²) in [5, 5.41) is 4.69. The molecule has 2 aromatic rings. The van der Waals surface area contributed by atoms with Crippen LogP contribution in [-0.2, 0) is 10.5 Å². The van der Waals surface area contributed by atoms with Crippen molar-refractivity contribution < 1.29 is 9.53 Å². The van der Waals surface area contributed by atoms with E-state index in [9.17, 15) is 4.79 Å². The summed E-state index contributed by atoms with van der Waals surface area (Å²) in [6.45, 7) is 3.96. The van der Waals surface area contributed by atoms with Crippen LogP contribution in [-0.4, -0.2) is 24.0 Å². The van der Waals surface area contributed by atoms with Crippen LogP contribution in [0.4, 0.5) is 0 Å². The number of hydrogen-bond acceptors (Lipinski definition) is 4. The molecule has 0 fully saturated rings. The van der Waals surface area contributed by atoms with E-state index in [0.717, 1.165) is 21.9 Å². The Morgan fingerprint density at radius 3 is 2.64 bits per heavy atom. The van der Waals surface area contributed by atoms with Crippen LogP contribution in [0.5, 0.6) is 5.75 Å². The third-order valence-corrected chi connectivity index (χ3v) is 4.45. The van der Waals surface area contributed by atoms with Gasteiger partial charge < -0.3 is 4.74 Å². The number of amides is 1. The molecule has 0 bridgehead atoms. The molecule has 0 spiro atoms. The molecule has 2 aromatic carbocycles. The molecule has 0 radical (unpaired) electrons. The Kier molecular flexibility index (Phi) is 7.82. The van der Waals surface area contributed by atoms with E-state index in [1.165, 1.54) is 11.8 Å². The van der Waals surface area contributed by atoms with Crippen molar-refractivity contribution in [3.05, 3.63) is 64.7 Å². The predicted octanol–water partition coefficient (Wildman–Crippen LogP) is 4.51. The Hall–Kier alpha value is -1.98. The fourth-order valence-corrected chi connectivity index (χ4v) is 3.09. The summed E-state index contributed by atoms with van der Waals surface area (Å²) in [5.41, 5.74) is 4.44. The van der Waals surface area contributed by atoms with Crippen molar-refractivity contribution in [1.82, 2.24) is 5.43 Å². The van der Waals surface area contributed by atoms with Crippen LogP contribution in [0.25, 0.3) is 0 Å². The summed E-state index contributed by atoms with van der Waals surface area (Å²) in [6, 6.07) is 15.2. The lowest BCUT2D eigenvalue weighted by Gasteiger charge is -2.09. The first-order valence-electron chi connectivity index (χ1n) is 7.94. The average molecular weight is 377 g/mol. The number of rotatable bonds is 8. The van der Waals surface area contributed by atoms with E-state index in [1.807, 2.05) is 62.4 Å². The van der Waals surface area contributed by atoms with Crippen molar-refractivity contribution in [2.45, 2.75) is 25.7 Å². The molecule has 0 unspecified atom stereocenters.